The number of rotatable bonds is 6. The number of fused-ring (bicyclic) bond motifs is 1. The van der Waals surface area contributed by atoms with Crippen molar-refractivity contribution in [3.63, 3.8) is 0 Å². The van der Waals surface area contributed by atoms with Crippen LogP contribution < -0.4 is 20.4 Å². The maximum atomic E-state index is 14.0. The Morgan fingerprint density at radius 2 is 1.59 bits per heavy atom. The topological polar surface area (TPSA) is 136 Å². The first-order chi connectivity index (χ1) is 19.4. The summed E-state index contributed by atoms with van der Waals surface area (Å²) in [7, 11) is 0. The van der Waals surface area contributed by atoms with Gasteiger partial charge < -0.3 is 25.5 Å². The molecule has 1 atom stereocenters. The van der Waals surface area contributed by atoms with Crippen LogP contribution in [0.1, 0.15) is 47.1 Å². The van der Waals surface area contributed by atoms with Gasteiger partial charge in [-0.3, -0.25) is 14.4 Å². The Bertz CT molecular complexity index is 1530. The lowest BCUT2D eigenvalue weighted by molar-refractivity contribution is -0.126. The number of carboxylic acids is 1. The summed E-state index contributed by atoms with van der Waals surface area (Å²) in [6, 6.07) is 17.6. The second kappa shape index (κ2) is 11.6. The Balaban J connectivity index is 1.71. The van der Waals surface area contributed by atoms with E-state index < -0.39 is 29.4 Å². The molecule has 4 rings (SSSR count). The van der Waals surface area contributed by atoms with Gasteiger partial charge in [-0.15, -0.1) is 0 Å². The summed E-state index contributed by atoms with van der Waals surface area (Å²) in [5.74, 6) is -2.30. The van der Waals surface area contributed by atoms with Crippen LogP contribution in [0.5, 0.6) is 0 Å². The van der Waals surface area contributed by atoms with Gasteiger partial charge >= 0.3 is 12.0 Å². The van der Waals surface area contributed by atoms with Gasteiger partial charge in [0.15, 0.2) is 5.78 Å². The fourth-order valence-corrected chi connectivity index (χ4v) is 4.62. The summed E-state index contributed by atoms with van der Waals surface area (Å²) in [5.41, 5.74) is 1.41. The van der Waals surface area contributed by atoms with Crippen LogP contribution in [0.15, 0.2) is 72.8 Å². The van der Waals surface area contributed by atoms with E-state index in [4.69, 9.17) is 0 Å². The van der Waals surface area contributed by atoms with Gasteiger partial charge in [-0.1, -0.05) is 63.2 Å². The van der Waals surface area contributed by atoms with E-state index in [1.54, 1.807) is 57.2 Å². The van der Waals surface area contributed by atoms with E-state index in [2.05, 4.69) is 10.6 Å². The SMILES string of the molecule is Cc1ccccc1C(=O)CN1C(=O)C(NC(=O)Nc2cccc(C(=O)O)c2)CN(C(=O)C(C)(C)C)c2ccccc21. The minimum atomic E-state index is -1.22. The van der Waals surface area contributed by atoms with E-state index in [0.29, 0.717) is 16.9 Å². The highest BCUT2D eigenvalue weighted by molar-refractivity contribution is 6.13. The van der Waals surface area contributed by atoms with Crippen LogP contribution in [0, 0.1) is 12.3 Å². The summed E-state index contributed by atoms with van der Waals surface area (Å²) in [6.45, 7) is 6.60. The number of benzene rings is 3. The molecule has 1 aliphatic heterocycles. The summed E-state index contributed by atoms with van der Waals surface area (Å²) in [4.78, 5) is 68.2. The number of Topliss-reactive ketones (excluding diaryl/α,β-unsaturated/α-hetero) is 1. The van der Waals surface area contributed by atoms with Crippen LogP contribution in [-0.4, -0.2) is 53.8 Å². The molecule has 1 heterocycles. The van der Waals surface area contributed by atoms with Gasteiger partial charge in [-0.25, -0.2) is 9.59 Å². The van der Waals surface area contributed by atoms with Crippen molar-refractivity contribution in [2.75, 3.05) is 28.2 Å². The molecule has 10 nitrogen and oxygen atoms in total. The normalized spacial score (nSPS) is 15.0. The zero-order chi connectivity index (χ0) is 29.9. The number of carbonyl (C=O) groups is 5. The van der Waals surface area contributed by atoms with Gasteiger partial charge in [0.1, 0.15) is 6.04 Å². The minimum Gasteiger partial charge on any atom is -0.478 e. The van der Waals surface area contributed by atoms with Gasteiger partial charge in [-0.2, -0.15) is 0 Å². The van der Waals surface area contributed by atoms with Gasteiger partial charge in [0.05, 0.1) is 30.0 Å². The van der Waals surface area contributed by atoms with E-state index in [0.717, 1.165) is 5.56 Å². The summed E-state index contributed by atoms with van der Waals surface area (Å²) >= 11 is 0. The zero-order valence-corrected chi connectivity index (χ0v) is 23.3. The third-order valence-electron chi connectivity index (χ3n) is 6.70. The number of ketones is 1. The van der Waals surface area contributed by atoms with Crippen molar-refractivity contribution in [2.24, 2.45) is 5.41 Å². The highest BCUT2D eigenvalue weighted by atomic mass is 16.4. The first kappa shape index (κ1) is 29.0. The molecular formula is C31H32N4O6. The predicted molar refractivity (Wildman–Crippen MR) is 155 cm³/mol. The monoisotopic (exact) mass is 556 g/mol. The maximum Gasteiger partial charge on any atom is 0.335 e. The number of aryl methyl sites for hydroxylation is 1. The Morgan fingerprint density at radius 3 is 2.24 bits per heavy atom. The maximum absolute atomic E-state index is 14.0. The van der Waals surface area contributed by atoms with Crippen molar-refractivity contribution in [2.45, 2.75) is 33.7 Å². The molecule has 3 aromatic carbocycles. The Hall–Kier alpha value is -4.99. The van der Waals surface area contributed by atoms with Crippen LogP contribution in [0.2, 0.25) is 0 Å². The number of hydrogen-bond donors (Lipinski definition) is 3. The van der Waals surface area contributed by atoms with E-state index in [1.807, 2.05) is 19.1 Å². The second-order valence-electron chi connectivity index (χ2n) is 10.9. The van der Waals surface area contributed by atoms with Crippen LogP contribution in [0.3, 0.4) is 0 Å². The lowest BCUT2D eigenvalue weighted by Crippen LogP contribution is -2.55. The number of para-hydroxylation sites is 2. The van der Waals surface area contributed by atoms with Crippen molar-refractivity contribution in [3.05, 3.63) is 89.5 Å². The van der Waals surface area contributed by atoms with Crippen molar-refractivity contribution < 1.29 is 29.1 Å². The van der Waals surface area contributed by atoms with E-state index in [-0.39, 0.29) is 36.0 Å². The smallest absolute Gasteiger partial charge is 0.335 e. The standard InChI is InChI=1S/C31H32N4O6/c1-19-10-5-6-13-22(19)26(36)18-34-24-14-7-8-15-25(24)35(29(40)31(2,3)4)17-23(27(34)37)33-30(41)32-21-12-9-11-20(16-21)28(38)39/h5-16,23H,17-18H2,1-4H3,(H,38,39)(H2,32,33,41). The largest absolute Gasteiger partial charge is 0.478 e. The molecule has 0 radical (unpaired) electrons. The van der Waals surface area contributed by atoms with Crippen molar-refractivity contribution >= 4 is 46.7 Å². The molecule has 41 heavy (non-hydrogen) atoms. The third kappa shape index (κ3) is 6.43. The molecule has 0 aliphatic carbocycles. The lowest BCUT2D eigenvalue weighted by Gasteiger charge is -2.30. The first-order valence-electron chi connectivity index (χ1n) is 13.1. The second-order valence-corrected chi connectivity index (χ2v) is 10.9. The average molecular weight is 557 g/mol. The van der Waals surface area contributed by atoms with Crippen molar-refractivity contribution in [1.29, 1.82) is 0 Å². The number of anilines is 3. The van der Waals surface area contributed by atoms with Crippen LogP contribution >= 0.6 is 0 Å². The van der Waals surface area contributed by atoms with Crippen molar-refractivity contribution in [1.82, 2.24) is 5.32 Å². The predicted octanol–water partition coefficient (Wildman–Crippen LogP) is 4.49. The van der Waals surface area contributed by atoms with Crippen LogP contribution in [-0.2, 0) is 9.59 Å². The number of aromatic carboxylic acids is 1. The third-order valence-corrected chi connectivity index (χ3v) is 6.70. The molecule has 1 unspecified atom stereocenters. The fraction of sp³-hybridized carbons (Fsp3) is 0.258. The van der Waals surface area contributed by atoms with E-state index in [9.17, 15) is 29.1 Å². The Labute approximate surface area is 238 Å². The highest BCUT2D eigenvalue weighted by Crippen LogP contribution is 2.35. The molecule has 0 saturated carbocycles. The van der Waals surface area contributed by atoms with Crippen LogP contribution in [0.4, 0.5) is 21.9 Å². The van der Waals surface area contributed by atoms with Crippen LogP contribution in [0.25, 0.3) is 0 Å². The number of nitrogens with one attached hydrogen (secondary N) is 2. The van der Waals surface area contributed by atoms with E-state index in [1.165, 1.54) is 34.1 Å². The molecule has 3 N–H and O–H groups in total. The summed E-state index contributed by atoms with van der Waals surface area (Å²) in [5, 5.41) is 14.5. The molecule has 3 aromatic rings. The number of amides is 4. The number of carboxylic acid groups (broad SMARTS) is 1. The molecule has 0 aromatic heterocycles. The molecule has 1 aliphatic rings. The number of hydrogen-bond acceptors (Lipinski definition) is 5. The molecule has 10 heteroatoms. The quantitative estimate of drug-likeness (QED) is 0.383. The summed E-state index contributed by atoms with van der Waals surface area (Å²) < 4.78 is 0. The fourth-order valence-electron chi connectivity index (χ4n) is 4.62. The van der Waals surface area contributed by atoms with Crippen molar-refractivity contribution in [3.8, 4) is 0 Å². The zero-order valence-electron chi connectivity index (χ0n) is 23.3. The molecule has 0 fully saturated rings. The Kier molecular flexibility index (Phi) is 8.23. The highest BCUT2D eigenvalue weighted by Gasteiger charge is 2.40. The molecule has 0 bridgehead atoms. The first-order valence-corrected chi connectivity index (χ1v) is 13.1. The average Bonchev–Trinajstić information content (AvgIpc) is 3.03. The van der Waals surface area contributed by atoms with Gasteiger partial charge in [-0.05, 0) is 42.8 Å². The number of urea groups is 1. The minimum absolute atomic E-state index is 0.0216. The van der Waals surface area contributed by atoms with Gasteiger partial charge in [0.2, 0.25) is 5.91 Å². The molecule has 4 amide bonds. The number of carbonyl (C=O) groups excluding carboxylic acids is 4. The molecule has 0 saturated heterocycles. The lowest BCUT2D eigenvalue weighted by atomic mass is 9.94. The number of nitrogens with zero attached hydrogens (tertiary/aromatic N) is 2. The van der Waals surface area contributed by atoms with Gasteiger partial charge in [0, 0.05) is 16.7 Å². The molecule has 212 valence electrons. The Morgan fingerprint density at radius 1 is 0.927 bits per heavy atom. The molecular weight excluding hydrogens is 524 g/mol. The molecule has 0 spiro atoms. The van der Waals surface area contributed by atoms with E-state index >= 15 is 0 Å². The van der Waals surface area contributed by atoms with Gasteiger partial charge in [0.25, 0.3) is 5.91 Å². The summed E-state index contributed by atoms with van der Waals surface area (Å²) in [6.07, 6.45) is 0.